The number of amides is 1. The van der Waals surface area contributed by atoms with Gasteiger partial charge in [-0.15, -0.1) is 11.3 Å². The lowest BCUT2D eigenvalue weighted by atomic mass is 10.2. The molecule has 0 spiro atoms. The summed E-state index contributed by atoms with van der Waals surface area (Å²) < 4.78 is 1.73. The Labute approximate surface area is 137 Å². The van der Waals surface area contributed by atoms with Crippen molar-refractivity contribution in [1.29, 1.82) is 0 Å². The number of nitrogens with one attached hydrogen (secondary N) is 1. The standard InChI is InChI=1S/C16H15N5OS/c1-12-18-8-15(23-12)5-6-16(22)20-14-4-2-3-13(7-14)9-21-11-17-10-19-21/h2-8,10-11H,9H2,1H3,(H,20,22). The molecule has 6 nitrogen and oxygen atoms in total. The summed E-state index contributed by atoms with van der Waals surface area (Å²) >= 11 is 1.55. The number of aromatic nitrogens is 4. The lowest BCUT2D eigenvalue weighted by Crippen LogP contribution is -2.08. The molecule has 23 heavy (non-hydrogen) atoms. The minimum Gasteiger partial charge on any atom is -0.323 e. The molecular formula is C16H15N5OS. The monoisotopic (exact) mass is 325 g/mol. The van der Waals surface area contributed by atoms with Crippen molar-refractivity contribution in [2.24, 2.45) is 0 Å². The van der Waals surface area contributed by atoms with E-state index >= 15 is 0 Å². The highest BCUT2D eigenvalue weighted by atomic mass is 32.1. The summed E-state index contributed by atoms with van der Waals surface area (Å²) in [5, 5.41) is 7.90. The maximum atomic E-state index is 12.0. The van der Waals surface area contributed by atoms with Gasteiger partial charge in [0.25, 0.3) is 0 Å². The second-order valence-electron chi connectivity index (χ2n) is 4.90. The highest BCUT2D eigenvalue weighted by Gasteiger charge is 2.01. The third kappa shape index (κ3) is 4.33. The molecule has 0 aliphatic carbocycles. The highest BCUT2D eigenvalue weighted by molar-refractivity contribution is 7.12. The first-order valence-corrected chi connectivity index (χ1v) is 7.83. The van der Waals surface area contributed by atoms with Crippen LogP contribution in [0, 0.1) is 6.92 Å². The molecule has 0 fully saturated rings. The highest BCUT2D eigenvalue weighted by Crippen LogP contribution is 2.14. The van der Waals surface area contributed by atoms with E-state index in [0.717, 1.165) is 21.1 Å². The fourth-order valence-corrected chi connectivity index (χ4v) is 2.73. The molecule has 0 aliphatic heterocycles. The van der Waals surface area contributed by atoms with E-state index < -0.39 is 0 Å². The molecule has 0 bridgehead atoms. The molecule has 7 heteroatoms. The molecular weight excluding hydrogens is 310 g/mol. The van der Waals surface area contributed by atoms with E-state index in [1.165, 1.54) is 12.4 Å². The van der Waals surface area contributed by atoms with Crippen LogP contribution in [0.25, 0.3) is 6.08 Å². The van der Waals surface area contributed by atoms with Crippen molar-refractivity contribution < 1.29 is 4.79 Å². The summed E-state index contributed by atoms with van der Waals surface area (Å²) in [4.78, 5) is 21.0. The Morgan fingerprint density at radius 1 is 1.43 bits per heavy atom. The van der Waals surface area contributed by atoms with Crippen molar-refractivity contribution in [1.82, 2.24) is 19.7 Å². The number of thiazole rings is 1. The fourth-order valence-electron chi connectivity index (χ4n) is 2.05. The average molecular weight is 325 g/mol. The van der Waals surface area contributed by atoms with Crippen molar-refractivity contribution in [3.05, 3.63) is 64.6 Å². The topological polar surface area (TPSA) is 72.7 Å². The van der Waals surface area contributed by atoms with Crippen LogP contribution in [0.5, 0.6) is 0 Å². The first kappa shape index (κ1) is 15.1. The zero-order valence-electron chi connectivity index (χ0n) is 12.5. The fraction of sp³-hybridized carbons (Fsp3) is 0.125. The van der Waals surface area contributed by atoms with Gasteiger partial charge in [-0.2, -0.15) is 5.10 Å². The minimum atomic E-state index is -0.172. The number of benzene rings is 1. The molecule has 1 N–H and O–H groups in total. The van der Waals surface area contributed by atoms with Crippen LogP contribution in [0.2, 0.25) is 0 Å². The van der Waals surface area contributed by atoms with Crippen LogP contribution in [-0.4, -0.2) is 25.7 Å². The van der Waals surface area contributed by atoms with E-state index in [2.05, 4.69) is 20.4 Å². The number of hydrogen-bond donors (Lipinski definition) is 1. The summed E-state index contributed by atoms with van der Waals surface area (Å²) in [5.41, 5.74) is 1.79. The van der Waals surface area contributed by atoms with E-state index in [4.69, 9.17) is 0 Å². The van der Waals surface area contributed by atoms with Crippen LogP contribution in [0.4, 0.5) is 5.69 Å². The number of nitrogens with zero attached hydrogens (tertiary/aromatic N) is 4. The van der Waals surface area contributed by atoms with Gasteiger partial charge in [0.1, 0.15) is 12.7 Å². The van der Waals surface area contributed by atoms with Crippen molar-refractivity contribution in [2.75, 3.05) is 5.32 Å². The smallest absolute Gasteiger partial charge is 0.248 e. The van der Waals surface area contributed by atoms with Crippen LogP contribution < -0.4 is 5.32 Å². The normalized spacial score (nSPS) is 11.0. The van der Waals surface area contributed by atoms with Gasteiger partial charge in [0.15, 0.2) is 0 Å². The number of anilines is 1. The molecule has 0 radical (unpaired) electrons. The number of rotatable bonds is 5. The zero-order valence-corrected chi connectivity index (χ0v) is 13.3. The van der Waals surface area contributed by atoms with Gasteiger partial charge < -0.3 is 5.32 Å². The number of hydrogen-bond acceptors (Lipinski definition) is 5. The molecule has 0 atom stereocenters. The molecule has 0 aliphatic rings. The quantitative estimate of drug-likeness (QED) is 0.732. The molecule has 2 aromatic heterocycles. The molecule has 0 saturated carbocycles. The molecule has 116 valence electrons. The van der Waals surface area contributed by atoms with Gasteiger partial charge in [-0.25, -0.2) is 14.6 Å². The molecule has 0 unspecified atom stereocenters. The van der Waals surface area contributed by atoms with E-state index in [0.29, 0.717) is 6.54 Å². The van der Waals surface area contributed by atoms with Crippen molar-refractivity contribution in [3.63, 3.8) is 0 Å². The summed E-state index contributed by atoms with van der Waals surface area (Å²) in [7, 11) is 0. The van der Waals surface area contributed by atoms with Crippen LogP contribution in [0.1, 0.15) is 15.4 Å². The number of carbonyl (C=O) groups excluding carboxylic acids is 1. The van der Waals surface area contributed by atoms with Gasteiger partial charge in [-0.05, 0) is 30.7 Å². The lowest BCUT2D eigenvalue weighted by Gasteiger charge is -2.05. The van der Waals surface area contributed by atoms with Gasteiger partial charge >= 0.3 is 0 Å². The summed E-state index contributed by atoms with van der Waals surface area (Å²) in [6.45, 7) is 2.54. The second kappa shape index (κ2) is 6.97. The summed E-state index contributed by atoms with van der Waals surface area (Å²) in [6, 6.07) is 7.66. The predicted octanol–water partition coefficient (Wildman–Crippen LogP) is 2.74. The molecule has 3 aromatic rings. The molecule has 1 aromatic carbocycles. The molecule has 1 amide bonds. The zero-order chi connectivity index (χ0) is 16.1. The molecule has 2 heterocycles. The lowest BCUT2D eigenvalue weighted by molar-refractivity contribution is -0.111. The van der Waals surface area contributed by atoms with Crippen molar-refractivity contribution in [2.45, 2.75) is 13.5 Å². The first-order chi connectivity index (χ1) is 11.2. The number of carbonyl (C=O) groups is 1. The minimum absolute atomic E-state index is 0.172. The van der Waals surface area contributed by atoms with E-state index in [1.807, 2.05) is 31.2 Å². The van der Waals surface area contributed by atoms with E-state index in [9.17, 15) is 4.79 Å². The number of aryl methyl sites for hydroxylation is 1. The van der Waals surface area contributed by atoms with Crippen LogP contribution in [0.3, 0.4) is 0 Å². The maximum Gasteiger partial charge on any atom is 0.248 e. The largest absolute Gasteiger partial charge is 0.323 e. The Morgan fingerprint density at radius 2 is 2.35 bits per heavy atom. The van der Waals surface area contributed by atoms with Crippen LogP contribution >= 0.6 is 11.3 Å². The van der Waals surface area contributed by atoms with Gasteiger partial charge in [0.05, 0.1) is 11.6 Å². The molecule has 0 saturated heterocycles. The van der Waals surface area contributed by atoms with Gasteiger partial charge in [-0.1, -0.05) is 12.1 Å². The Morgan fingerprint density at radius 3 is 3.09 bits per heavy atom. The van der Waals surface area contributed by atoms with Crippen LogP contribution in [-0.2, 0) is 11.3 Å². The van der Waals surface area contributed by atoms with Crippen LogP contribution in [0.15, 0.2) is 49.2 Å². The SMILES string of the molecule is Cc1ncc(C=CC(=O)Nc2cccc(Cn3cncn3)c2)s1. The van der Waals surface area contributed by atoms with Gasteiger partial charge in [0.2, 0.25) is 5.91 Å². The van der Waals surface area contributed by atoms with Crippen molar-refractivity contribution >= 4 is 29.0 Å². The summed E-state index contributed by atoms with van der Waals surface area (Å²) in [5.74, 6) is -0.172. The third-order valence-electron chi connectivity index (χ3n) is 3.04. The van der Waals surface area contributed by atoms with E-state index in [-0.39, 0.29) is 5.91 Å². The first-order valence-electron chi connectivity index (χ1n) is 7.02. The van der Waals surface area contributed by atoms with Crippen molar-refractivity contribution in [3.8, 4) is 0 Å². The Bertz CT molecular complexity index is 823. The average Bonchev–Trinajstić information content (AvgIpc) is 3.17. The Kier molecular flexibility index (Phi) is 4.58. The third-order valence-corrected chi connectivity index (χ3v) is 3.92. The van der Waals surface area contributed by atoms with E-state index in [1.54, 1.807) is 34.6 Å². The summed E-state index contributed by atoms with van der Waals surface area (Å²) in [6.07, 6.45) is 8.18. The molecule has 3 rings (SSSR count). The maximum absolute atomic E-state index is 12.0. The second-order valence-corrected chi connectivity index (χ2v) is 6.16. The van der Waals surface area contributed by atoms with Gasteiger partial charge in [0, 0.05) is 22.8 Å². The Balaban J connectivity index is 1.63. The van der Waals surface area contributed by atoms with Gasteiger partial charge in [-0.3, -0.25) is 4.79 Å². The Hall–Kier alpha value is -2.80. The predicted molar refractivity (Wildman–Crippen MR) is 90.1 cm³/mol.